The molecule has 0 aliphatic rings. The van der Waals surface area contributed by atoms with Crippen molar-refractivity contribution in [1.82, 2.24) is 0 Å². The topological polar surface area (TPSA) is 35.5 Å². The molecular formula is C14H10BrFO3. The van der Waals surface area contributed by atoms with Gasteiger partial charge in [0, 0.05) is 6.07 Å². The minimum atomic E-state index is -0.611. The molecule has 5 heteroatoms. The van der Waals surface area contributed by atoms with Crippen LogP contribution in [-0.2, 0) is 0 Å². The largest absolute Gasteiger partial charge is 0.496 e. The van der Waals surface area contributed by atoms with Crippen LogP contribution in [0.3, 0.4) is 0 Å². The second kappa shape index (κ2) is 5.84. The van der Waals surface area contributed by atoms with Crippen LogP contribution in [0.15, 0.2) is 40.9 Å². The van der Waals surface area contributed by atoms with Crippen molar-refractivity contribution < 1.29 is 18.7 Å². The highest BCUT2D eigenvalue weighted by Crippen LogP contribution is 2.31. The standard InChI is InChI=1S/C14H10BrFO3/c1-18-14-5-4-10(6-12(14)15)19-11-3-2-9(8-17)13(16)7-11/h2-8H,1H3. The number of hydrogen-bond donors (Lipinski definition) is 0. The monoisotopic (exact) mass is 324 g/mol. The zero-order valence-corrected chi connectivity index (χ0v) is 11.6. The minimum absolute atomic E-state index is 0.00302. The zero-order valence-electron chi connectivity index (χ0n) is 10.0. The number of methoxy groups -OCH3 is 1. The van der Waals surface area contributed by atoms with Crippen LogP contribution in [0.5, 0.6) is 17.2 Å². The lowest BCUT2D eigenvalue weighted by atomic mass is 10.2. The molecule has 0 saturated heterocycles. The molecule has 0 fully saturated rings. The van der Waals surface area contributed by atoms with Crippen LogP contribution in [0.1, 0.15) is 10.4 Å². The summed E-state index contributed by atoms with van der Waals surface area (Å²) in [7, 11) is 1.56. The van der Waals surface area contributed by atoms with Crippen molar-refractivity contribution in [3.8, 4) is 17.2 Å². The molecule has 0 heterocycles. The molecule has 98 valence electrons. The number of ether oxygens (including phenoxy) is 2. The Bertz CT molecular complexity index is 614. The van der Waals surface area contributed by atoms with Gasteiger partial charge in [0.2, 0.25) is 0 Å². The first-order valence-corrected chi connectivity index (χ1v) is 6.19. The van der Waals surface area contributed by atoms with E-state index in [9.17, 15) is 9.18 Å². The molecule has 0 unspecified atom stereocenters. The fourth-order valence-electron chi connectivity index (χ4n) is 1.51. The molecule has 0 aliphatic carbocycles. The Labute approximate surface area is 118 Å². The smallest absolute Gasteiger partial charge is 0.152 e. The summed E-state index contributed by atoms with van der Waals surface area (Å²) in [5.74, 6) is 0.918. The van der Waals surface area contributed by atoms with Crippen LogP contribution in [0.25, 0.3) is 0 Å². The van der Waals surface area contributed by atoms with Gasteiger partial charge in [-0.2, -0.15) is 0 Å². The number of carbonyl (C=O) groups is 1. The van der Waals surface area contributed by atoms with E-state index in [1.54, 1.807) is 25.3 Å². The Kier molecular flexibility index (Phi) is 4.16. The molecule has 0 atom stereocenters. The summed E-state index contributed by atoms with van der Waals surface area (Å²) in [5.41, 5.74) is 0.00302. The minimum Gasteiger partial charge on any atom is -0.496 e. The fourth-order valence-corrected chi connectivity index (χ4v) is 2.03. The highest BCUT2D eigenvalue weighted by molar-refractivity contribution is 9.10. The molecule has 19 heavy (non-hydrogen) atoms. The zero-order chi connectivity index (χ0) is 13.8. The molecular weight excluding hydrogens is 315 g/mol. The molecule has 0 amide bonds. The third kappa shape index (κ3) is 3.12. The van der Waals surface area contributed by atoms with Gasteiger partial charge in [-0.3, -0.25) is 4.79 Å². The van der Waals surface area contributed by atoms with E-state index in [1.165, 1.54) is 18.2 Å². The molecule has 0 aromatic heterocycles. The molecule has 2 rings (SSSR count). The first-order valence-electron chi connectivity index (χ1n) is 5.40. The predicted octanol–water partition coefficient (Wildman–Crippen LogP) is 4.20. The van der Waals surface area contributed by atoms with E-state index in [2.05, 4.69) is 15.9 Å². The summed E-state index contributed by atoms with van der Waals surface area (Å²) in [6.07, 6.45) is 0.461. The van der Waals surface area contributed by atoms with E-state index in [0.717, 1.165) is 4.47 Å². The molecule has 0 saturated carbocycles. The maximum atomic E-state index is 13.4. The number of rotatable bonds is 4. The van der Waals surface area contributed by atoms with E-state index in [-0.39, 0.29) is 5.56 Å². The summed E-state index contributed by atoms with van der Waals surface area (Å²) in [6, 6.07) is 9.22. The van der Waals surface area contributed by atoms with Crippen LogP contribution in [0.2, 0.25) is 0 Å². The van der Waals surface area contributed by atoms with Gasteiger partial charge >= 0.3 is 0 Å². The van der Waals surface area contributed by atoms with Gasteiger partial charge in [0.05, 0.1) is 17.1 Å². The first kappa shape index (κ1) is 13.5. The molecule has 3 nitrogen and oxygen atoms in total. The summed E-state index contributed by atoms with van der Waals surface area (Å²) in [6.45, 7) is 0. The lowest BCUT2D eigenvalue weighted by Crippen LogP contribution is -1.91. The Hall–Kier alpha value is -1.88. The highest BCUT2D eigenvalue weighted by Gasteiger charge is 2.06. The summed E-state index contributed by atoms with van der Waals surface area (Å²) < 4.78 is 24.7. The van der Waals surface area contributed by atoms with Crippen LogP contribution in [0.4, 0.5) is 4.39 Å². The van der Waals surface area contributed by atoms with Crippen molar-refractivity contribution in [2.75, 3.05) is 7.11 Å². The van der Waals surface area contributed by atoms with Gasteiger partial charge in [0.15, 0.2) is 6.29 Å². The lowest BCUT2D eigenvalue weighted by molar-refractivity contribution is 0.112. The lowest BCUT2D eigenvalue weighted by Gasteiger charge is -2.08. The average Bonchev–Trinajstić information content (AvgIpc) is 2.39. The predicted molar refractivity (Wildman–Crippen MR) is 72.6 cm³/mol. The molecule has 0 N–H and O–H groups in total. The van der Waals surface area contributed by atoms with Gasteiger partial charge in [-0.1, -0.05) is 0 Å². The van der Waals surface area contributed by atoms with Crippen molar-refractivity contribution >= 4 is 22.2 Å². The summed E-state index contributed by atoms with van der Waals surface area (Å²) in [4.78, 5) is 10.5. The fraction of sp³-hybridized carbons (Fsp3) is 0.0714. The number of hydrogen-bond acceptors (Lipinski definition) is 3. The first-order chi connectivity index (χ1) is 9.13. The van der Waals surface area contributed by atoms with Crippen molar-refractivity contribution in [2.24, 2.45) is 0 Å². The molecule has 2 aromatic carbocycles. The quantitative estimate of drug-likeness (QED) is 0.790. The molecule has 0 spiro atoms. The third-order valence-electron chi connectivity index (χ3n) is 2.46. The Morgan fingerprint density at radius 1 is 1.16 bits per heavy atom. The summed E-state index contributed by atoms with van der Waals surface area (Å²) >= 11 is 3.33. The van der Waals surface area contributed by atoms with Crippen LogP contribution in [-0.4, -0.2) is 13.4 Å². The highest BCUT2D eigenvalue weighted by atomic mass is 79.9. The van der Waals surface area contributed by atoms with Gasteiger partial charge in [-0.25, -0.2) is 4.39 Å². The van der Waals surface area contributed by atoms with Gasteiger partial charge in [-0.15, -0.1) is 0 Å². The van der Waals surface area contributed by atoms with E-state index < -0.39 is 5.82 Å². The number of benzene rings is 2. The van der Waals surface area contributed by atoms with Crippen molar-refractivity contribution in [3.05, 3.63) is 52.3 Å². The number of carbonyl (C=O) groups excluding carboxylic acids is 1. The SMILES string of the molecule is COc1ccc(Oc2ccc(C=O)c(F)c2)cc1Br. The maximum Gasteiger partial charge on any atom is 0.152 e. The van der Waals surface area contributed by atoms with E-state index in [0.29, 0.717) is 23.5 Å². The van der Waals surface area contributed by atoms with Gasteiger partial charge in [0.25, 0.3) is 0 Å². The number of aldehydes is 1. The van der Waals surface area contributed by atoms with Crippen LogP contribution >= 0.6 is 15.9 Å². The van der Waals surface area contributed by atoms with E-state index in [1.807, 2.05) is 0 Å². The van der Waals surface area contributed by atoms with Crippen molar-refractivity contribution in [2.45, 2.75) is 0 Å². The van der Waals surface area contributed by atoms with Crippen molar-refractivity contribution in [1.29, 1.82) is 0 Å². The van der Waals surface area contributed by atoms with Gasteiger partial charge < -0.3 is 9.47 Å². The normalized spacial score (nSPS) is 10.1. The van der Waals surface area contributed by atoms with Gasteiger partial charge in [0.1, 0.15) is 23.1 Å². The van der Waals surface area contributed by atoms with E-state index in [4.69, 9.17) is 9.47 Å². The Balaban J connectivity index is 2.23. The second-order valence-corrected chi connectivity index (χ2v) is 4.55. The summed E-state index contributed by atoms with van der Waals surface area (Å²) in [5, 5.41) is 0. The van der Waals surface area contributed by atoms with Crippen LogP contribution < -0.4 is 9.47 Å². The molecule has 0 bridgehead atoms. The Morgan fingerprint density at radius 3 is 2.42 bits per heavy atom. The molecule has 2 aromatic rings. The number of halogens is 2. The van der Waals surface area contributed by atoms with Crippen LogP contribution in [0, 0.1) is 5.82 Å². The average molecular weight is 325 g/mol. The van der Waals surface area contributed by atoms with E-state index >= 15 is 0 Å². The van der Waals surface area contributed by atoms with Gasteiger partial charge in [-0.05, 0) is 46.3 Å². The molecule has 0 radical (unpaired) electrons. The Morgan fingerprint density at radius 2 is 1.84 bits per heavy atom. The van der Waals surface area contributed by atoms with Crippen molar-refractivity contribution in [3.63, 3.8) is 0 Å². The maximum absolute atomic E-state index is 13.4. The molecule has 0 aliphatic heterocycles. The second-order valence-electron chi connectivity index (χ2n) is 3.70. The third-order valence-corrected chi connectivity index (χ3v) is 3.08.